The minimum Gasteiger partial charge on any atom is -0.364 e. The fraction of sp³-hybridized carbons (Fsp3) is 0.280. The van der Waals surface area contributed by atoms with Crippen LogP contribution >= 0.6 is 11.6 Å². The third kappa shape index (κ3) is 5.48. The van der Waals surface area contributed by atoms with E-state index in [2.05, 4.69) is 17.0 Å². The lowest BCUT2D eigenvalue weighted by Crippen LogP contribution is -2.25. The summed E-state index contributed by atoms with van der Waals surface area (Å²) in [5.41, 5.74) is 1.32. The van der Waals surface area contributed by atoms with Gasteiger partial charge in [0.1, 0.15) is 6.10 Å². The molecule has 0 N–H and O–H groups in total. The number of hydrogen-bond acceptors (Lipinski definition) is 2. The van der Waals surface area contributed by atoms with E-state index in [-0.39, 0.29) is 11.7 Å². The SMILES string of the molecule is FC(F)(F)c1ccccc1C(O[C@H]1CCN(Cc2ccccc2)C1)c1ccc(Cl)cc1. The van der Waals surface area contributed by atoms with Crippen LogP contribution in [0.1, 0.15) is 34.8 Å². The summed E-state index contributed by atoms with van der Waals surface area (Å²) >= 11 is 6.01. The number of nitrogens with zero attached hydrogens (tertiary/aromatic N) is 1. The Hall–Kier alpha value is -2.34. The molecule has 1 aliphatic heterocycles. The fourth-order valence-corrected chi connectivity index (χ4v) is 4.16. The van der Waals surface area contributed by atoms with E-state index in [1.807, 2.05) is 18.2 Å². The number of ether oxygens (including phenoxy) is 1. The van der Waals surface area contributed by atoms with Crippen LogP contribution in [0, 0.1) is 0 Å². The summed E-state index contributed by atoms with van der Waals surface area (Å²) in [7, 11) is 0. The van der Waals surface area contributed by atoms with Gasteiger partial charge in [-0.3, -0.25) is 4.90 Å². The van der Waals surface area contributed by atoms with Crippen LogP contribution in [0.4, 0.5) is 13.2 Å². The smallest absolute Gasteiger partial charge is 0.364 e. The second-order valence-electron chi connectivity index (χ2n) is 7.78. The molecular weight excluding hydrogens is 423 g/mol. The first-order valence-corrected chi connectivity index (χ1v) is 10.6. The Morgan fingerprint density at radius 3 is 2.32 bits per heavy atom. The summed E-state index contributed by atoms with van der Waals surface area (Å²) in [6, 6.07) is 22.6. The second kappa shape index (κ2) is 9.43. The van der Waals surface area contributed by atoms with Crippen molar-refractivity contribution in [2.75, 3.05) is 13.1 Å². The molecule has 3 aromatic rings. The number of likely N-dealkylation sites (tertiary alicyclic amines) is 1. The lowest BCUT2D eigenvalue weighted by molar-refractivity contribution is -0.139. The number of hydrogen-bond donors (Lipinski definition) is 0. The Balaban J connectivity index is 1.57. The topological polar surface area (TPSA) is 12.5 Å². The summed E-state index contributed by atoms with van der Waals surface area (Å²) < 4.78 is 47.5. The third-order valence-corrected chi connectivity index (χ3v) is 5.78. The maximum absolute atomic E-state index is 13.7. The van der Waals surface area contributed by atoms with Crippen LogP contribution in [0.15, 0.2) is 78.9 Å². The van der Waals surface area contributed by atoms with Gasteiger partial charge in [-0.15, -0.1) is 0 Å². The largest absolute Gasteiger partial charge is 0.416 e. The van der Waals surface area contributed by atoms with Gasteiger partial charge in [-0.2, -0.15) is 13.2 Å². The maximum atomic E-state index is 13.7. The molecule has 31 heavy (non-hydrogen) atoms. The predicted octanol–water partition coefficient (Wildman–Crippen LogP) is 6.74. The summed E-state index contributed by atoms with van der Waals surface area (Å²) in [5, 5.41) is 0.529. The molecule has 2 nitrogen and oxygen atoms in total. The Morgan fingerprint density at radius 1 is 0.935 bits per heavy atom. The van der Waals surface area contributed by atoms with E-state index in [1.54, 1.807) is 30.3 Å². The highest BCUT2D eigenvalue weighted by molar-refractivity contribution is 6.30. The summed E-state index contributed by atoms with van der Waals surface area (Å²) in [5.74, 6) is 0. The van der Waals surface area contributed by atoms with Crippen LogP contribution in [0.3, 0.4) is 0 Å². The van der Waals surface area contributed by atoms with Gasteiger partial charge >= 0.3 is 6.18 Å². The number of alkyl halides is 3. The van der Waals surface area contributed by atoms with E-state index < -0.39 is 17.8 Å². The fourth-order valence-electron chi connectivity index (χ4n) is 4.04. The average Bonchev–Trinajstić information content (AvgIpc) is 3.20. The highest BCUT2D eigenvalue weighted by atomic mass is 35.5. The zero-order valence-corrected chi connectivity index (χ0v) is 17.6. The average molecular weight is 446 g/mol. The Bertz CT molecular complexity index is 992. The molecule has 3 aromatic carbocycles. The van der Waals surface area contributed by atoms with Crippen molar-refractivity contribution in [2.45, 2.75) is 31.3 Å². The van der Waals surface area contributed by atoms with Crippen LogP contribution in [-0.2, 0) is 17.5 Å². The molecule has 0 bridgehead atoms. The van der Waals surface area contributed by atoms with Crippen molar-refractivity contribution >= 4 is 11.6 Å². The Kier molecular flexibility index (Phi) is 6.65. The van der Waals surface area contributed by atoms with Gasteiger partial charge in [0.25, 0.3) is 0 Å². The van der Waals surface area contributed by atoms with E-state index in [4.69, 9.17) is 16.3 Å². The van der Waals surface area contributed by atoms with Gasteiger partial charge in [0.05, 0.1) is 11.7 Å². The van der Waals surface area contributed by atoms with E-state index in [1.165, 1.54) is 17.7 Å². The minimum absolute atomic E-state index is 0.124. The van der Waals surface area contributed by atoms with Crippen molar-refractivity contribution in [3.63, 3.8) is 0 Å². The van der Waals surface area contributed by atoms with Crippen molar-refractivity contribution in [3.05, 3.63) is 106 Å². The highest BCUT2D eigenvalue weighted by Gasteiger charge is 2.37. The van der Waals surface area contributed by atoms with Crippen LogP contribution in [0.2, 0.25) is 5.02 Å². The second-order valence-corrected chi connectivity index (χ2v) is 8.22. The highest BCUT2D eigenvalue weighted by Crippen LogP contribution is 2.39. The Labute approximate surface area is 185 Å². The van der Waals surface area contributed by atoms with Crippen molar-refractivity contribution < 1.29 is 17.9 Å². The molecule has 0 radical (unpaired) electrons. The molecular formula is C25H23ClF3NO. The number of benzene rings is 3. The molecule has 0 aromatic heterocycles. The third-order valence-electron chi connectivity index (χ3n) is 5.53. The predicted molar refractivity (Wildman–Crippen MR) is 116 cm³/mol. The van der Waals surface area contributed by atoms with Gasteiger partial charge < -0.3 is 4.74 Å². The van der Waals surface area contributed by atoms with Crippen LogP contribution in [0.25, 0.3) is 0 Å². The van der Waals surface area contributed by atoms with E-state index >= 15 is 0 Å². The van der Waals surface area contributed by atoms with Crippen molar-refractivity contribution in [1.29, 1.82) is 0 Å². The molecule has 2 atom stereocenters. The van der Waals surface area contributed by atoms with E-state index in [9.17, 15) is 13.2 Å². The molecule has 0 saturated carbocycles. The zero-order valence-electron chi connectivity index (χ0n) is 16.9. The van der Waals surface area contributed by atoms with Gasteiger partial charge in [-0.1, -0.05) is 72.3 Å². The summed E-state index contributed by atoms with van der Waals surface area (Å²) in [4.78, 5) is 2.27. The van der Waals surface area contributed by atoms with Crippen molar-refractivity contribution in [2.24, 2.45) is 0 Å². The van der Waals surface area contributed by atoms with Gasteiger partial charge in [0, 0.05) is 24.7 Å². The summed E-state index contributed by atoms with van der Waals surface area (Å²) in [6.07, 6.45) is -4.67. The number of halogens is 4. The van der Waals surface area contributed by atoms with E-state index in [0.717, 1.165) is 25.6 Å². The van der Waals surface area contributed by atoms with Crippen LogP contribution in [-0.4, -0.2) is 24.1 Å². The van der Waals surface area contributed by atoms with Gasteiger partial charge in [-0.05, 0) is 41.3 Å². The van der Waals surface area contributed by atoms with Crippen molar-refractivity contribution in [1.82, 2.24) is 4.90 Å². The number of rotatable bonds is 6. The van der Waals surface area contributed by atoms with Gasteiger partial charge in [-0.25, -0.2) is 0 Å². The molecule has 162 valence electrons. The molecule has 1 fully saturated rings. The quantitative estimate of drug-likeness (QED) is 0.416. The minimum atomic E-state index is -4.46. The maximum Gasteiger partial charge on any atom is 0.416 e. The van der Waals surface area contributed by atoms with E-state index in [0.29, 0.717) is 17.1 Å². The molecule has 1 unspecified atom stereocenters. The molecule has 0 amide bonds. The first-order chi connectivity index (χ1) is 14.9. The standard InChI is InChI=1S/C25H23ClF3NO/c26-20-12-10-19(11-13-20)24(22-8-4-5-9-23(22)25(27,28)29)31-21-14-15-30(17-21)16-18-6-2-1-3-7-18/h1-13,21,24H,14-17H2/t21-,24?/m0/s1. The molecule has 0 spiro atoms. The molecule has 1 heterocycles. The van der Waals surface area contributed by atoms with Crippen LogP contribution in [0.5, 0.6) is 0 Å². The molecule has 0 aliphatic carbocycles. The molecule has 1 saturated heterocycles. The molecule has 1 aliphatic rings. The summed E-state index contributed by atoms with van der Waals surface area (Å²) in [6.45, 7) is 2.31. The van der Waals surface area contributed by atoms with Crippen molar-refractivity contribution in [3.8, 4) is 0 Å². The molecule has 6 heteroatoms. The normalized spacial score (nSPS) is 18.3. The first kappa shape index (κ1) is 21.9. The zero-order chi connectivity index (χ0) is 21.8. The molecule has 4 rings (SSSR count). The first-order valence-electron chi connectivity index (χ1n) is 10.2. The van der Waals surface area contributed by atoms with Crippen LogP contribution < -0.4 is 0 Å². The Morgan fingerprint density at radius 2 is 1.61 bits per heavy atom. The van der Waals surface area contributed by atoms with Gasteiger partial charge in [0.2, 0.25) is 0 Å². The lowest BCUT2D eigenvalue weighted by Gasteiger charge is -2.26. The van der Waals surface area contributed by atoms with Gasteiger partial charge in [0.15, 0.2) is 0 Å². The lowest BCUT2D eigenvalue weighted by atomic mass is 9.96. The monoisotopic (exact) mass is 445 g/mol.